The van der Waals surface area contributed by atoms with E-state index in [0.717, 1.165) is 23.0 Å². The molecular formula is C16H15F3N2O2S. The molecule has 128 valence electrons. The smallest absolute Gasteiger partial charge is 0.372 e. The van der Waals surface area contributed by atoms with Gasteiger partial charge in [-0.1, -0.05) is 12.1 Å². The lowest BCUT2D eigenvalue weighted by molar-refractivity contribution is -0.179. The highest BCUT2D eigenvalue weighted by Crippen LogP contribution is 2.35. The van der Waals surface area contributed by atoms with Crippen LogP contribution in [0.15, 0.2) is 29.2 Å². The van der Waals surface area contributed by atoms with Crippen LogP contribution in [-0.2, 0) is 4.79 Å². The van der Waals surface area contributed by atoms with Crippen molar-refractivity contribution in [1.29, 1.82) is 0 Å². The lowest BCUT2D eigenvalue weighted by Crippen LogP contribution is -2.38. The Labute approximate surface area is 141 Å². The number of hydrogen-bond acceptors (Lipinski definition) is 4. The molecule has 3 rings (SSSR count). The molecule has 2 heterocycles. The summed E-state index contributed by atoms with van der Waals surface area (Å²) in [6.07, 6.45) is -2.29. The molecule has 0 aromatic heterocycles. The molecule has 8 heteroatoms. The first-order chi connectivity index (χ1) is 11.3. The number of amides is 2. The molecule has 4 nitrogen and oxygen atoms in total. The molecule has 0 atom stereocenters. The number of carbonyl (C=O) groups is 2. The van der Waals surface area contributed by atoms with Crippen LogP contribution in [0.4, 0.5) is 23.7 Å². The van der Waals surface area contributed by atoms with Crippen molar-refractivity contribution < 1.29 is 22.8 Å². The van der Waals surface area contributed by atoms with Gasteiger partial charge >= 0.3 is 6.18 Å². The molecule has 1 aromatic rings. The van der Waals surface area contributed by atoms with Crippen LogP contribution < -0.4 is 10.2 Å². The fourth-order valence-electron chi connectivity index (χ4n) is 2.82. The molecule has 2 saturated heterocycles. The SMILES string of the molecule is O=C1NC(=O)/C(=C/c2ccc(N3CCC(C(F)(F)F)CC3)cc2)S1. The van der Waals surface area contributed by atoms with Crippen LogP contribution in [0.1, 0.15) is 18.4 Å². The Morgan fingerprint density at radius 2 is 1.75 bits per heavy atom. The molecule has 0 saturated carbocycles. The minimum atomic E-state index is -4.11. The minimum Gasteiger partial charge on any atom is -0.372 e. The van der Waals surface area contributed by atoms with Gasteiger partial charge in [-0.15, -0.1) is 0 Å². The first-order valence-electron chi connectivity index (χ1n) is 7.49. The molecule has 0 bridgehead atoms. The predicted octanol–water partition coefficient (Wildman–Crippen LogP) is 3.79. The van der Waals surface area contributed by atoms with Crippen LogP contribution in [0, 0.1) is 5.92 Å². The number of rotatable bonds is 2. The second-order valence-electron chi connectivity index (χ2n) is 5.75. The summed E-state index contributed by atoms with van der Waals surface area (Å²) in [6, 6.07) is 7.21. The van der Waals surface area contributed by atoms with Gasteiger partial charge in [-0.25, -0.2) is 0 Å². The normalized spacial score (nSPS) is 21.5. The van der Waals surface area contributed by atoms with Gasteiger partial charge in [0.05, 0.1) is 10.8 Å². The maximum atomic E-state index is 12.7. The predicted molar refractivity (Wildman–Crippen MR) is 86.5 cm³/mol. The average Bonchev–Trinajstić information content (AvgIpc) is 2.85. The number of thioether (sulfide) groups is 1. The molecule has 0 spiro atoms. The number of halogens is 3. The van der Waals surface area contributed by atoms with E-state index < -0.39 is 23.2 Å². The fourth-order valence-corrected chi connectivity index (χ4v) is 3.50. The van der Waals surface area contributed by atoms with Gasteiger partial charge in [0.15, 0.2) is 0 Å². The molecule has 24 heavy (non-hydrogen) atoms. The summed E-state index contributed by atoms with van der Waals surface area (Å²) < 4.78 is 38.1. The van der Waals surface area contributed by atoms with Crippen LogP contribution in [-0.4, -0.2) is 30.4 Å². The number of anilines is 1. The number of hydrogen-bond donors (Lipinski definition) is 1. The maximum Gasteiger partial charge on any atom is 0.391 e. The highest BCUT2D eigenvalue weighted by atomic mass is 32.2. The largest absolute Gasteiger partial charge is 0.391 e. The highest BCUT2D eigenvalue weighted by molar-refractivity contribution is 8.18. The van der Waals surface area contributed by atoms with E-state index in [1.807, 2.05) is 17.0 Å². The second kappa shape index (κ2) is 6.51. The summed E-state index contributed by atoms with van der Waals surface area (Å²) in [5, 5.41) is 1.79. The van der Waals surface area contributed by atoms with Crippen molar-refractivity contribution in [2.24, 2.45) is 5.92 Å². The fraction of sp³-hybridized carbons (Fsp3) is 0.375. The number of nitrogens with one attached hydrogen (secondary N) is 1. The second-order valence-corrected chi connectivity index (χ2v) is 6.76. The van der Waals surface area contributed by atoms with Gasteiger partial charge in [-0.05, 0) is 48.4 Å². The standard InChI is InChI=1S/C16H15F3N2O2S/c17-16(18,19)11-5-7-21(8-6-11)12-3-1-10(2-4-12)9-13-14(22)20-15(23)24-13/h1-4,9,11H,5-8H2,(H,20,22,23)/b13-9-. The van der Waals surface area contributed by atoms with E-state index in [1.54, 1.807) is 18.2 Å². The number of nitrogens with zero attached hydrogens (tertiary/aromatic N) is 1. The zero-order valence-electron chi connectivity index (χ0n) is 12.6. The van der Waals surface area contributed by atoms with Crippen molar-refractivity contribution in [2.75, 3.05) is 18.0 Å². The van der Waals surface area contributed by atoms with Crippen molar-refractivity contribution >= 4 is 34.7 Å². The van der Waals surface area contributed by atoms with Gasteiger partial charge in [0.25, 0.3) is 11.1 Å². The molecule has 0 unspecified atom stereocenters. The Morgan fingerprint density at radius 3 is 2.25 bits per heavy atom. The van der Waals surface area contributed by atoms with Crippen LogP contribution in [0.2, 0.25) is 0 Å². The van der Waals surface area contributed by atoms with Gasteiger partial charge in [-0.3, -0.25) is 14.9 Å². The van der Waals surface area contributed by atoms with Crippen molar-refractivity contribution in [2.45, 2.75) is 19.0 Å². The summed E-state index contributed by atoms with van der Waals surface area (Å²) in [5.74, 6) is -1.63. The van der Waals surface area contributed by atoms with E-state index in [4.69, 9.17) is 0 Å². The van der Waals surface area contributed by atoms with Gasteiger partial charge in [0.1, 0.15) is 0 Å². The van der Waals surface area contributed by atoms with E-state index in [0.29, 0.717) is 18.0 Å². The van der Waals surface area contributed by atoms with Crippen LogP contribution >= 0.6 is 11.8 Å². The topological polar surface area (TPSA) is 49.4 Å². The monoisotopic (exact) mass is 356 g/mol. The van der Waals surface area contributed by atoms with Gasteiger partial charge in [-0.2, -0.15) is 13.2 Å². The number of piperidine rings is 1. The molecule has 0 aliphatic carbocycles. The Kier molecular flexibility index (Phi) is 4.58. The maximum absolute atomic E-state index is 12.7. The zero-order valence-corrected chi connectivity index (χ0v) is 13.4. The number of carbonyl (C=O) groups excluding carboxylic acids is 2. The third kappa shape index (κ3) is 3.75. The Bertz CT molecular complexity index is 678. The third-order valence-corrected chi connectivity index (χ3v) is 4.97. The van der Waals surface area contributed by atoms with Crippen molar-refractivity contribution in [3.8, 4) is 0 Å². The van der Waals surface area contributed by atoms with Crippen molar-refractivity contribution in [1.82, 2.24) is 5.32 Å². The summed E-state index contributed by atoms with van der Waals surface area (Å²) in [6.45, 7) is 0.745. The number of imide groups is 1. The summed E-state index contributed by atoms with van der Waals surface area (Å²) >= 11 is 0.848. The number of alkyl halides is 3. The molecular weight excluding hydrogens is 341 g/mol. The van der Waals surface area contributed by atoms with Gasteiger partial charge in [0, 0.05) is 18.8 Å². The summed E-state index contributed by atoms with van der Waals surface area (Å²) in [7, 11) is 0. The third-order valence-electron chi connectivity index (χ3n) is 4.16. The molecule has 2 aliphatic heterocycles. The van der Waals surface area contributed by atoms with Crippen LogP contribution in [0.3, 0.4) is 0 Å². The van der Waals surface area contributed by atoms with E-state index in [-0.39, 0.29) is 12.8 Å². The quantitative estimate of drug-likeness (QED) is 0.819. The van der Waals surface area contributed by atoms with Crippen LogP contribution in [0.5, 0.6) is 0 Å². The number of benzene rings is 1. The first kappa shape index (κ1) is 16.9. The van der Waals surface area contributed by atoms with E-state index >= 15 is 0 Å². The van der Waals surface area contributed by atoms with E-state index in [9.17, 15) is 22.8 Å². The molecule has 2 amide bonds. The average molecular weight is 356 g/mol. The Morgan fingerprint density at radius 1 is 1.12 bits per heavy atom. The molecule has 2 aliphatic rings. The first-order valence-corrected chi connectivity index (χ1v) is 8.31. The van der Waals surface area contributed by atoms with E-state index in [1.165, 1.54) is 0 Å². The molecule has 0 radical (unpaired) electrons. The van der Waals surface area contributed by atoms with Crippen LogP contribution in [0.25, 0.3) is 6.08 Å². The molecule has 1 aromatic carbocycles. The van der Waals surface area contributed by atoms with Gasteiger partial charge in [0.2, 0.25) is 0 Å². The summed E-state index contributed by atoms with van der Waals surface area (Å²) in [4.78, 5) is 24.9. The molecule has 2 fully saturated rings. The lowest BCUT2D eigenvalue weighted by Gasteiger charge is -2.34. The highest BCUT2D eigenvalue weighted by Gasteiger charge is 2.41. The zero-order chi connectivity index (χ0) is 17.3. The minimum absolute atomic E-state index is 0.105. The Hall–Kier alpha value is -1.96. The van der Waals surface area contributed by atoms with Crippen molar-refractivity contribution in [3.05, 3.63) is 34.7 Å². The van der Waals surface area contributed by atoms with E-state index in [2.05, 4.69) is 5.32 Å². The summed E-state index contributed by atoms with van der Waals surface area (Å²) in [5.41, 5.74) is 1.62. The lowest BCUT2D eigenvalue weighted by atomic mass is 9.96. The van der Waals surface area contributed by atoms with Crippen molar-refractivity contribution in [3.63, 3.8) is 0 Å². The molecule has 1 N–H and O–H groups in total. The Balaban J connectivity index is 1.65. The van der Waals surface area contributed by atoms with Gasteiger partial charge < -0.3 is 4.90 Å².